The Balaban J connectivity index is 2.91. The smallest absolute Gasteiger partial charge is 0.0320 e. The average molecular weight is 191 g/mol. The highest BCUT2D eigenvalue weighted by molar-refractivity contribution is 5.31. The molecule has 1 unspecified atom stereocenters. The van der Waals surface area contributed by atoms with Gasteiger partial charge in [0.2, 0.25) is 0 Å². The van der Waals surface area contributed by atoms with Gasteiger partial charge >= 0.3 is 0 Å². The van der Waals surface area contributed by atoms with Crippen LogP contribution in [0.3, 0.4) is 0 Å². The molecule has 2 atom stereocenters. The van der Waals surface area contributed by atoms with Gasteiger partial charge in [-0.15, -0.1) is 0 Å². The molecule has 0 aromatic heterocycles. The van der Waals surface area contributed by atoms with Gasteiger partial charge in [-0.1, -0.05) is 38.5 Å². The second-order valence-corrected chi connectivity index (χ2v) is 4.26. The molecule has 0 aliphatic heterocycles. The van der Waals surface area contributed by atoms with Crippen LogP contribution in [0.25, 0.3) is 0 Å². The number of hydrogen-bond donors (Lipinski definition) is 1. The molecule has 78 valence electrons. The van der Waals surface area contributed by atoms with E-state index in [0.29, 0.717) is 5.92 Å². The summed E-state index contributed by atoms with van der Waals surface area (Å²) in [5, 5.41) is 0. The third kappa shape index (κ3) is 2.36. The van der Waals surface area contributed by atoms with Crippen molar-refractivity contribution < 1.29 is 0 Å². The minimum Gasteiger partial charge on any atom is -0.324 e. The van der Waals surface area contributed by atoms with E-state index < -0.39 is 0 Å². The number of nitrogens with two attached hydrogens (primary N) is 1. The molecular formula is C13H21N. The monoisotopic (exact) mass is 191 g/mol. The lowest BCUT2D eigenvalue weighted by atomic mass is 9.91. The molecule has 0 bridgehead atoms. The van der Waals surface area contributed by atoms with E-state index in [1.54, 1.807) is 0 Å². The molecule has 0 aliphatic carbocycles. The highest BCUT2D eigenvalue weighted by Crippen LogP contribution is 2.23. The molecule has 0 aliphatic rings. The largest absolute Gasteiger partial charge is 0.324 e. The van der Waals surface area contributed by atoms with Crippen molar-refractivity contribution in [2.45, 2.75) is 40.2 Å². The predicted molar refractivity (Wildman–Crippen MR) is 62.3 cm³/mol. The zero-order valence-corrected chi connectivity index (χ0v) is 9.67. The summed E-state index contributed by atoms with van der Waals surface area (Å²) >= 11 is 0. The first kappa shape index (κ1) is 11.3. The molecule has 1 heteroatoms. The minimum atomic E-state index is 0.180. The Morgan fingerprint density at radius 1 is 1.21 bits per heavy atom. The van der Waals surface area contributed by atoms with Gasteiger partial charge in [0.1, 0.15) is 0 Å². The molecule has 0 fully saturated rings. The summed E-state index contributed by atoms with van der Waals surface area (Å²) in [7, 11) is 0. The van der Waals surface area contributed by atoms with Gasteiger partial charge in [0.15, 0.2) is 0 Å². The van der Waals surface area contributed by atoms with E-state index in [-0.39, 0.29) is 6.04 Å². The first-order valence-corrected chi connectivity index (χ1v) is 5.39. The summed E-state index contributed by atoms with van der Waals surface area (Å²) in [6.45, 7) is 8.67. The number of aryl methyl sites for hydroxylation is 2. The lowest BCUT2D eigenvalue weighted by Crippen LogP contribution is -2.18. The van der Waals surface area contributed by atoms with Crippen LogP contribution in [0, 0.1) is 19.8 Å². The van der Waals surface area contributed by atoms with Crippen molar-refractivity contribution >= 4 is 0 Å². The molecule has 1 aromatic rings. The van der Waals surface area contributed by atoms with Gasteiger partial charge in [0.25, 0.3) is 0 Å². The fourth-order valence-corrected chi connectivity index (χ4v) is 1.55. The SMILES string of the molecule is CCC(C)[C@H](N)c1ccc(C)c(C)c1. The molecule has 0 heterocycles. The Kier molecular flexibility index (Phi) is 3.70. The Labute approximate surface area is 87.3 Å². The lowest BCUT2D eigenvalue weighted by Gasteiger charge is -2.19. The van der Waals surface area contributed by atoms with E-state index in [1.807, 2.05) is 0 Å². The third-order valence-electron chi connectivity index (χ3n) is 3.17. The zero-order valence-electron chi connectivity index (χ0n) is 9.67. The Bertz CT molecular complexity index is 304. The van der Waals surface area contributed by atoms with Crippen LogP contribution < -0.4 is 5.73 Å². The summed E-state index contributed by atoms with van der Waals surface area (Å²) in [6, 6.07) is 6.71. The van der Waals surface area contributed by atoms with E-state index in [1.165, 1.54) is 16.7 Å². The molecule has 0 spiro atoms. The second-order valence-electron chi connectivity index (χ2n) is 4.26. The number of rotatable bonds is 3. The van der Waals surface area contributed by atoms with Crippen molar-refractivity contribution in [1.29, 1.82) is 0 Å². The highest BCUT2D eigenvalue weighted by Gasteiger charge is 2.13. The molecule has 0 saturated heterocycles. The van der Waals surface area contributed by atoms with Crippen LogP contribution >= 0.6 is 0 Å². The first-order valence-electron chi connectivity index (χ1n) is 5.39. The molecule has 1 rings (SSSR count). The van der Waals surface area contributed by atoms with E-state index in [2.05, 4.69) is 45.9 Å². The Morgan fingerprint density at radius 2 is 1.86 bits per heavy atom. The van der Waals surface area contributed by atoms with Crippen LogP contribution in [0.4, 0.5) is 0 Å². The third-order valence-corrected chi connectivity index (χ3v) is 3.17. The van der Waals surface area contributed by atoms with Crippen LogP contribution in [-0.4, -0.2) is 0 Å². The van der Waals surface area contributed by atoms with Gasteiger partial charge in [-0.05, 0) is 36.5 Å². The minimum absolute atomic E-state index is 0.180. The van der Waals surface area contributed by atoms with Gasteiger partial charge in [-0.2, -0.15) is 0 Å². The molecule has 0 radical (unpaired) electrons. The van der Waals surface area contributed by atoms with Crippen LogP contribution in [0.15, 0.2) is 18.2 Å². The van der Waals surface area contributed by atoms with Crippen molar-refractivity contribution in [2.24, 2.45) is 11.7 Å². The van der Waals surface area contributed by atoms with E-state index in [9.17, 15) is 0 Å². The van der Waals surface area contributed by atoms with Crippen molar-refractivity contribution in [3.8, 4) is 0 Å². The quantitative estimate of drug-likeness (QED) is 0.779. The molecule has 1 aromatic carbocycles. The fraction of sp³-hybridized carbons (Fsp3) is 0.538. The maximum atomic E-state index is 6.17. The van der Waals surface area contributed by atoms with Gasteiger partial charge in [-0.25, -0.2) is 0 Å². The molecular weight excluding hydrogens is 170 g/mol. The number of benzene rings is 1. The van der Waals surface area contributed by atoms with Crippen LogP contribution in [0.1, 0.15) is 43.0 Å². The maximum Gasteiger partial charge on any atom is 0.0320 e. The van der Waals surface area contributed by atoms with E-state index in [4.69, 9.17) is 5.73 Å². The van der Waals surface area contributed by atoms with Crippen LogP contribution in [0.2, 0.25) is 0 Å². The Hall–Kier alpha value is -0.820. The predicted octanol–water partition coefficient (Wildman–Crippen LogP) is 3.35. The lowest BCUT2D eigenvalue weighted by molar-refractivity contribution is 0.456. The maximum absolute atomic E-state index is 6.17. The van der Waals surface area contributed by atoms with Crippen molar-refractivity contribution in [2.75, 3.05) is 0 Å². The average Bonchev–Trinajstić information content (AvgIpc) is 2.20. The van der Waals surface area contributed by atoms with Crippen molar-refractivity contribution in [3.63, 3.8) is 0 Å². The van der Waals surface area contributed by atoms with Crippen LogP contribution in [0.5, 0.6) is 0 Å². The summed E-state index contributed by atoms with van der Waals surface area (Å²) < 4.78 is 0. The van der Waals surface area contributed by atoms with Gasteiger partial charge < -0.3 is 5.73 Å². The van der Waals surface area contributed by atoms with Gasteiger partial charge in [0, 0.05) is 6.04 Å². The van der Waals surface area contributed by atoms with Crippen LogP contribution in [-0.2, 0) is 0 Å². The standard InChI is InChI=1S/C13H21N/c1-5-9(2)13(14)12-7-6-10(3)11(4)8-12/h6-9,13H,5,14H2,1-4H3/t9?,13-/m0/s1. The molecule has 0 saturated carbocycles. The zero-order chi connectivity index (χ0) is 10.7. The summed E-state index contributed by atoms with van der Waals surface area (Å²) in [5.41, 5.74) is 10.1. The highest BCUT2D eigenvalue weighted by atomic mass is 14.6. The number of hydrogen-bond acceptors (Lipinski definition) is 1. The molecule has 0 amide bonds. The summed E-state index contributed by atoms with van der Waals surface area (Å²) in [6.07, 6.45) is 1.13. The fourth-order valence-electron chi connectivity index (χ4n) is 1.55. The summed E-state index contributed by atoms with van der Waals surface area (Å²) in [5.74, 6) is 0.553. The van der Waals surface area contributed by atoms with Crippen molar-refractivity contribution in [1.82, 2.24) is 0 Å². The van der Waals surface area contributed by atoms with E-state index in [0.717, 1.165) is 6.42 Å². The van der Waals surface area contributed by atoms with E-state index >= 15 is 0 Å². The molecule has 1 nitrogen and oxygen atoms in total. The van der Waals surface area contributed by atoms with Crippen molar-refractivity contribution in [3.05, 3.63) is 34.9 Å². The van der Waals surface area contributed by atoms with Gasteiger partial charge in [-0.3, -0.25) is 0 Å². The van der Waals surface area contributed by atoms with Gasteiger partial charge in [0.05, 0.1) is 0 Å². The topological polar surface area (TPSA) is 26.0 Å². The molecule has 2 N–H and O–H groups in total. The first-order chi connectivity index (χ1) is 6.56. The normalized spacial score (nSPS) is 15.2. The molecule has 14 heavy (non-hydrogen) atoms. The second kappa shape index (κ2) is 4.61. The summed E-state index contributed by atoms with van der Waals surface area (Å²) in [4.78, 5) is 0. The Morgan fingerprint density at radius 3 is 2.36 bits per heavy atom.